The maximum atomic E-state index is 12.2. The van der Waals surface area contributed by atoms with E-state index in [1.165, 1.54) is 12.8 Å². The predicted molar refractivity (Wildman–Crippen MR) is 71.5 cm³/mol. The highest BCUT2D eigenvalue weighted by Gasteiger charge is 2.57. The molecule has 5 heteroatoms. The Morgan fingerprint density at radius 2 is 2.20 bits per heavy atom. The van der Waals surface area contributed by atoms with Crippen LogP contribution in [0.4, 0.5) is 0 Å². The second-order valence-electron chi connectivity index (χ2n) is 5.58. The summed E-state index contributed by atoms with van der Waals surface area (Å²) in [4.78, 5) is 16.4. The summed E-state index contributed by atoms with van der Waals surface area (Å²) in [6, 6.07) is 5.38. The zero-order valence-corrected chi connectivity index (χ0v) is 11.0. The van der Waals surface area contributed by atoms with Crippen molar-refractivity contribution in [3.63, 3.8) is 0 Å². The van der Waals surface area contributed by atoms with Crippen molar-refractivity contribution in [3.05, 3.63) is 42.5 Å². The molecule has 0 atom stereocenters. The van der Waals surface area contributed by atoms with Gasteiger partial charge in [0.05, 0.1) is 5.69 Å². The standard InChI is InChI=1S/C15H15N3O2/c19-14(20-15(5-6-15)11-2-3-11)13-10-12(4-8-16-13)18-9-1-7-17-18/h1,4,7-11H,2-3,5-6H2. The predicted octanol–water partition coefficient (Wildman–Crippen LogP) is 2.37. The number of rotatable bonds is 4. The van der Waals surface area contributed by atoms with Crippen molar-refractivity contribution >= 4 is 5.97 Å². The van der Waals surface area contributed by atoms with Crippen molar-refractivity contribution in [3.8, 4) is 5.69 Å². The van der Waals surface area contributed by atoms with E-state index in [1.807, 2.05) is 18.3 Å². The first-order valence-electron chi connectivity index (χ1n) is 6.96. The molecule has 2 aromatic heterocycles. The Morgan fingerprint density at radius 1 is 1.35 bits per heavy atom. The van der Waals surface area contributed by atoms with Gasteiger partial charge in [0, 0.05) is 18.6 Å². The van der Waals surface area contributed by atoms with Gasteiger partial charge in [0.25, 0.3) is 0 Å². The molecule has 0 spiro atoms. The summed E-state index contributed by atoms with van der Waals surface area (Å²) in [5.74, 6) is 0.268. The molecule has 0 aliphatic heterocycles. The summed E-state index contributed by atoms with van der Waals surface area (Å²) < 4.78 is 7.40. The fourth-order valence-corrected chi connectivity index (χ4v) is 2.66. The van der Waals surface area contributed by atoms with Gasteiger partial charge in [-0.3, -0.25) is 0 Å². The largest absolute Gasteiger partial charge is 0.454 e. The van der Waals surface area contributed by atoms with Crippen LogP contribution >= 0.6 is 0 Å². The van der Waals surface area contributed by atoms with E-state index in [0.29, 0.717) is 11.6 Å². The highest BCUT2D eigenvalue weighted by Crippen LogP contribution is 2.56. The van der Waals surface area contributed by atoms with Crippen LogP contribution in [0.2, 0.25) is 0 Å². The molecule has 4 rings (SSSR count). The first-order valence-corrected chi connectivity index (χ1v) is 6.96. The van der Waals surface area contributed by atoms with Crippen LogP contribution in [0.15, 0.2) is 36.8 Å². The van der Waals surface area contributed by atoms with E-state index < -0.39 is 0 Å². The molecule has 2 aliphatic carbocycles. The summed E-state index contributed by atoms with van der Waals surface area (Å²) in [5.41, 5.74) is 0.999. The van der Waals surface area contributed by atoms with Crippen LogP contribution in [0.3, 0.4) is 0 Å². The number of carbonyl (C=O) groups excluding carboxylic acids is 1. The SMILES string of the molecule is O=C(OC1(C2CC2)CC1)c1cc(-n2cccn2)ccn1. The van der Waals surface area contributed by atoms with Crippen molar-refractivity contribution in [2.45, 2.75) is 31.3 Å². The van der Waals surface area contributed by atoms with E-state index in [0.717, 1.165) is 18.5 Å². The third-order valence-electron chi connectivity index (χ3n) is 4.08. The zero-order valence-electron chi connectivity index (χ0n) is 11.0. The molecule has 2 fully saturated rings. The molecule has 0 unspecified atom stereocenters. The van der Waals surface area contributed by atoms with E-state index in [2.05, 4.69) is 10.1 Å². The topological polar surface area (TPSA) is 57.0 Å². The van der Waals surface area contributed by atoms with Crippen LogP contribution in [-0.4, -0.2) is 26.3 Å². The summed E-state index contributed by atoms with van der Waals surface area (Å²) in [6.45, 7) is 0. The Kier molecular flexibility index (Phi) is 2.42. The molecule has 2 aliphatic rings. The van der Waals surface area contributed by atoms with Gasteiger partial charge in [-0.15, -0.1) is 0 Å². The lowest BCUT2D eigenvalue weighted by Gasteiger charge is -2.15. The lowest BCUT2D eigenvalue weighted by atomic mass is 10.2. The van der Waals surface area contributed by atoms with Crippen LogP contribution in [0.1, 0.15) is 36.2 Å². The summed E-state index contributed by atoms with van der Waals surface area (Å²) in [5, 5.41) is 4.15. The van der Waals surface area contributed by atoms with Gasteiger partial charge in [-0.05, 0) is 49.8 Å². The van der Waals surface area contributed by atoms with Crippen LogP contribution < -0.4 is 0 Å². The zero-order chi connectivity index (χ0) is 13.6. The van der Waals surface area contributed by atoms with Gasteiger partial charge in [0.2, 0.25) is 0 Å². The van der Waals surface area contributed by atoms with Gasteiger partial charge in [0.1, 0.15) is 5.60 Å². The van der Waals surface area contributed by atoms with Crippen molar-refractivity contribution in [1.82, 2.24) is 14.8 Å². The summed E-state index contributed by atoms with van der Waals surface area (Å²) >= 11 is 0. The van der Waals surface area contributed by atoms with E-state index in [9.17, 15) is 4.79 Å². The Labute approximate surface area is 116 Å². The van der Waals surface area contributed by atoms with E-state index in [1.54, 1.807) is 23.1 Å². The number of ether oxygens (including phenoxy) is 1. The molecule has 0 N–H and O–H groups in total. The Morgan fingerprint density at radius 3 is 2.85 bits per heavy atom. The molecule has 0 amide bonds. The quantitative estimate of drug-likeness (QED) is 0.799. The number of hydrogen-bond donors (Lipinski definition) is 0. The fraction of sp³-hybridized carbons (Fsp3) is 0.400. The van der Waals surface area contributed by atoms with Gasteiger partial charge in [-0.25, -0.2) is 14.5 Å². The van der Waals surface area contributed by atoms with E-state index >= 15 is 0 Å². The van der Waals surface area contributed by atoms with Crippen molar-refractivity contribution < 1.29 is 9.53 Å². The second kappa shape index (κ2) is 4.16. The van der Waals surface area contributed by atoms with Gasteiger partial charge >= 0.3 is 5.97 Å². The van der Waals surface area contributed by atoms with Crippen LogP contribution in [0.5, 0.6) is 0 Å². The minimum absolute atomic E-state index is 0.166. The van der Waals surface area contributed by atoms with Gasteiger partial charge in [0.15, 0.2) is 5.69 Å². The molecular formula is C15H15N3O2. The van der Waals surface area contributed by atoms with E-state index in [4.69, 9.17) is 4.74 Å². The molecule has 0 bridgehead atoms. The Bertz CT molecular complexity index is 643. The molecule has 0 aromatic carbocycles. The van der Waals surface area contributed by atoms with Gasteiger partial charge in [-0.2, -0.15) is 5.10 Å². The summed E-state index contributed by atoms with van der Waals surface area (Å²) in [6.07, 6.45) is 9.53. The lowest BCUT2D eigenvalue weighted by molar-refractivity contribution is 0.0153. The van der Waals surface area contributed by atoms with Crippen molar-refractivity contribution in [1.29, 1.82) is 0 Å². The molecule has 2 saturated carbocycles. The number of aromatic nitrogens is 3. The molecule has 2 aromatic rings. The van der Waals surface area contributed by atoms with Crippen molar-refractivity contribution in [2.75, 3.05) is 0 Å². The first kappa shape index (κ1) is 11.6. The maximum Gasteiger partial charge on any atom is 0.357 e. The Balaban J connectivity index is 1.56. The normalized spacial score (nSPS) is 19.6. The third kappa shape index (κ3) is 1.99. The minimum atomic E-state index is -0.316. The average Bonchev–Trinajstić information content (AvgIpc) is 3.39. The molecule has 2 heterocycles. The van der Waals surface area contributed by atoms with E-state index in [-0.39, 0.29) is 11.6 Å². The third-order valence-corrected chi connectivity index (χ3v) is 4.08. The maximum absolute atomic E-state index is 12.2. The molecule has 5 nitrogen and oxygen atoms in total. The number of esters is 1. The summed E-state index contributed by atoms with van der Waals surface area (Å²) in [7, 11) is 0. The number of hydrogen-bond acceptors (Lipinski definition) is 4. The number of carbonyl (C=O) groups is 1. The Hall–Kier alpha value is -2.17. The van der Waals surface area contributed by atoms with Crippen molar-refractivity contribution in [2.24, 2.45) is 5.92 Å². The molecule has 0 saturated heterocycles. The molecular weight excluding hydrogens is 254 g/mol. The molecule has 20 heavy (non-hydrogen) atoms. The van der Waals surface area contributed by atoms with Crippen LogP contribution in [0.25, 0.3) is 5.69 Å². The monoisotopic (exact) mass is 269 g/mol. The van der Waals surface area contributed by atoms with Crippen LogP contribution in [0, 0.1) is 5.92 Å². The number of nitrogens with zero attached hydrogens (tertiary/aromatic N) is 3. The smallest absolute Gasteiger partial charge is 0.357 e. The average molecular weight is 269 g/mol. The second-order valence-corrected chi connectivity index (χ2v) is 5.58. The van der Waals surface area contributed by atoms with Gasteiger partial charge in [-0.1, -0.05) is 0 Å². The highest BCUT2D eigenvalue weighted by atomic mass is 16.6. The van der Waals surface area contributed by atoms with Gasteiger partial charge < -0.3 is 4.74 Å². The number of pyridine rings is 1. The first-order chi connectivity index (χ1) is 9.77. The lowest BCUT2D eigenvalue weighted by Crippen LogP contribution is -2.22. The molecule has 102 valence electrons. The fourth-order valence-electron chi connectivity index (χ4n) is 2.66. The van der Waals surface area contributed by atoms with Crippen LogP contribution in [-0.2, 0) is 4.74 Å². The molecule has 0 radical (unpaired) electrons. The highest BCUT2D eigenvalue weighted by molar-refractivity contribution is 5.88. The minimum Gasteiger partial charge on any atom is -0.454 e.